The lowest BCUT2D eigenvalue weighted by molar-refractivity contribution is -0.122. The third kappa shape index (κ3) is 4.52. The van der Waals surface area contributed by atoms with E-state index in [-0.39, 0.29) is 5.91 Å². The van der Waals surface area contributed by atoms with Gasteiger partial charge in [0.1, 0.15) is 4.32 Å². The normalized spacial score (nSPS) is 17.4. The highest BCUT2D eigenvalue weighted by molar-refractivity contribution is 8.26. The predicted molar refractivity (Wildman–Crippen MR) is 92.0 cm³/mol. The fourth-order valence-corrected chi connectivity index (χ4v) is 3.14. The topological polar surface area (TPSA) is 29.5 Å². The molecule has 1 aromatic rings. The summed E-state index contributed by atoms with van der Waals surface area (Å²) in [7, 11) is 1.65. The zero-order valence-electron chi connectivity index (χ0n) is 11.8. The molecule has 0 saturated carbocycles. The summed E-state index contributed by atoms with van der Waals surface area (Å²) in [5.74, 6) is -0.0150. The number of methoxy groups -OCH3 is 1. The number of amides is 1. The lowest BCUT2D eigenvalue weighted by Crippen LogP contribution is -2.29. The van der Waals surface area contributed by atoms with Gasteiger partial charge in [-0.1, -0.05) is 66.5 Å². The average Bonchev–Trinajstić information content (AvgIpc) is 2.76. The van der Waals surface area contributed by atoms with Gasteiger partial charge in [-0.2, -0.15) is 0 Å². The van der Waals surface area contributed by atoms with Crippen molar-refractivity contribution in [2.45, 2.75) is 6.42 Å². The highest BCUT2D eigenvalue weighted by Gasteiger charge is 2.30. The quantitative estimate of drug-likeness (QED) is 0.456. The molecule has 1 fully saturated rings. The number of nitrogens with zero attached hydrogens (tertiary/aromatic N) is 1. The smallest absolute Gasteiger partial charge is 0.266 e. The molecule has 1 saturated heterocycles. The van der Waals surface area contributed by atoms with Crippen LogP contribution in [0.3, 0.4) is 0 Å². The number of thiocarbonyl (C=S) groups is 1. The van der Waals surface area contributed by atoms with Crippen LogP contribution in [0.15, 0.2) is 47.4 Å². The zero-order valence-corrected chi connectivity index (χ0v) is 13.5. The first-order chi connectivity index (χ1) is 10.2. The SMILES string of the molecule is COCCCN1C(=O)/C(=C\C=C\c2ccccc2)SC1=S. The molecule has 0 bridgehead atoms. The Hall–Kier alpha value is -1.43. The highest BCUT2D eigenvalue weighted by Crippen LogP contribution is 2.31. The molecule has 3 nitrogen and oxygen atoms in total. The van der Waals surface area contributed by atoms with Crippen LogP contribution < -0.4 is 0 Å². The van der Waals surface area contributed by atoms with E-state index in [1.54, 1.807) is 12.0 Å². The molecule has 0 aromatic heterocycles. The number of hydrogen-bond acceptors (Lipinski definition) is 4. The van der Waals surface area contributed by atoms with E-state index in [0.29, 0.717) is 22.4 Å². The van der Waals surface area contributed by atoms with Gasteiger partial charge in [-0.05, 0) is 18.1 Å². The van der Waals surface area contributed by atoms with Crippen LogP contribution in [-0.4, -0.2) is 35.4 Å². The Morgan fingerprint density at radius 1 is 1.33 bits per heavy atom. The van der Waals surface area contributed by atoms with Crippen LogP contribution in [0.25, 0.3) is 6.08 Å². The Bertz CT molecular complexity index is 567. The minimum atomic E-state index is -0.0150. The molecule has 0 spiro atoms. The van der Waals surface area contributed by atoms with Gasteiger partial charge < -0.3 is 4.74 Å². The Balaban J connectivity index is 1.98. The molecule has 2 rings (SSSR count). The van der Waals surface area contributed by atoms with Crippen molar-refractivity contribution in [2.24, 2.45) is 0 Å². The van der Waals surface area contributed by atoms with E-state index in [0.717, 1.165) is 12.0 Å². The number of hydrogen-bond donors (Lipinski definition) is 0. The number of thioether (sulfide) groups is 1. The second-order valence-electron chi connectivity index (χ2n) is 4.47. The first kappa shape index (κ1) is 15.9. The first-order valence-corrected chi connectivity index (χ1v) is 7.91. The fourth-order valence-electron chi connectivity index (χ4n) is 1.88. The molecule has 1 aliphatic heterocycles. The van der Waals surface area contributed by atoms with Gasteiger partial charge in [0.05, 0.1) is 4.91 Å². The van der Waals surface area contributed by atoms with Crippen LogP contribution in [0.1, 0.15) is 12.0 Å². The molecule has 0 aliphatic carbocycles. The van der Waals surface area contributed by atoms with Crippen molar-refractivity contribution in [1.82, 2.24) is 4.90 Å². The Kier molecular flexibility index (Phi) is 6.17. The number of benzene rings is 1. The number of carbonyl (C=O) groups excluding carboxylic acids is 1. The minimum Gasteiger partial charge on any atom is -0.385 e. The van der Waals surface area contributed by atoms with E-state index in [4.69, 9.17) is 17.0 Å². The second kappa shape index (κ2) is 8.12. The Morgan fingerprint density at radius 3 is 2.81 bits per heavy atom. The maximum absolute atomic E-state index is 12.2. The maximum Gasteiger partial charge on any atom is 0.266 e. The van der Waals surface area contributed by atoms with Gasteiger partial charge in [0.15, 0.2) is 0 Å². The maximum atomic E-state index is 12.2. The van der Waals surface area contributed by atoms with Crippen LogP contribution in [0, 0.1) is 0 Å². The van der Waals surface area contributed by atoms with Gasteiger partial charge in [0, 0.05) is 20.3 Å². The number of carbonyl (C=O) groups is 1. The molecule has 0 radical (unpaired) electrons. The van der Waals surface area contributed by atoms with E-state index in [9.17, 15) is 4.79 Å². The highest BCUT2D eigenvalue weighted by atomic mass is 32.2. The van der Waals surface area contributed by atoms with Crippen LogP contribution in [-0.2, 0) is 9.53 Å². The Labute approximate surface area is 134 Å². The van der Waals surface area contributed by atoms with Crippen LogP contribution in [0.4, 0.5) is 0 Å². The largest absolute Gasteiger partial charge is 0.385 e. The third-order valence-electron chi connectivity index (χ3n) is 2.94. The van der Waals surface area contributed by atoms with Crippen LogP contribution in [0.2, 0.25) is 0 Å². The molecular weight excluding hydrogens is 302 g/mol. The van der Waals surface area contributed by atoms with Crippen molar-refractivity contribution >= 4 is 40.3 Å². The first-order valence-electron chi connectivity index (χ1n) is 6.68. The van der Waals surface area contributed by atoms with Gasteiger partial charge in [-0.25, -0.2) is 0 Å². The molecule has 0 unspecified atom stereocenters. The van der Waals surface area contributed by atoms with Gasteiger partial charge in [-0.15, -0.1) is 0 Å². The summed E-state index contributed by atoms with van der Waals surface area (Å²) in [6.45, 7) is 1.24. The third-order valence-corrected chi connectivity index (χ3v) is 4.34. The summed E-state index contributed by atoms with van der Waals surface area (Å²) in [6.07, 6.45) is 6.47. The standard InChI is InChI=1S/C16H17NO2S2/c1-19-12-6-11-17-15(18)14(21-16(17)20)10-5-9-13-7-3-2-4-8-13/h2-5,7-10H,6,11-12H2,1H3/b9-5+,14-10+. The molecule has 21 heavy (non-hydrogen) atoms. The van der Waals surface area contributed by atoms with E-state index in [1.165, 1.54) is 11.8 Å². The van der Waals surface area contributed by atoms with Crippen molar-refractivity contribution in [2.75, 3.05) is 20.3 Å². The molecule has 5 heteroatoms. The van der Waals surface area contributed by atoms with Crippen molar-refractivity contribution < 1.29 is 9.53 Å². The zero-order chi connectivity index (χ0) is 15.1. The molecule has 110 valence electrons. The van der Waals surface area contributed by atoms with Crippen molar-refractivity contribution in [3.8, 4) is 0 Å². The van der Waals surface area contributed by atoms with Crippen LogP contribution in [0.5, 0.6) is 0 Å². The molecule has 1 amide bonds. The lowest BCUT2D eigenvalue weighted by atomic mass is 10.2. The van der Waals surface area contributed by atoms with Crippen molar-refractivity contribution in [3.05, 3.63) is 53.0 Å². The van der Waals surface area contributed by atoms with Gasteiger partial charge >= 0.3 is 0 Å². The molecule has 1 heterocycles. The summed E-state index contributed by atoms with van der Waals surface area (Å²) < 4.78 is 5.62. The number of rotatable bonds is 6. The van der Waals surface area contributed by atoms with E-state index < -0.39 is 0 Å². The molecule has 1 aromatic carbocycles. The molecule has 1 aliphatic rings. The van der Waals surface area contributed by atoms with E-state index in [1.807, 2.05) is 48.6 Å². The average molecular weight is 319 g/mol. The van der Waals surface area contributed by atoms with Gasteiger partial charge in [0.2, 0.25) is 0 Å². The second-order valence-corrected chi connectivity index (χ2v) is 6.15. The van der Waals surface area contributed by atoms with E-state index >= 15 is 0 Å². The van der Waals surface area contributed by atoms with E-state index in [2.05, 4.69) is 0 Å². The fraction of sp³-hybridized carbons (Fsp3) is 0.250. The van der Waals surface area contributed by atoms with Gasteiger partial charge in [0.25, 0.3) is 5.91 Å². The number of allylic oxidation sites excluding steroid dienone is 2. The summed E-state index contributed by atoms with van der Waals surface area (Å²) in [5, 5.41) is 0. The summed E-state index contributed by atoms with van der Waals surface area (Å²) >= 11 is 6.60. The monoisotopic (exact) mass is 319 g/mol. The van der Waals surface area contributed by atoms with Crippen LogP contribution >= 0.6 is 24.0 Å². The Morgan fingerprint density at radius 2 is 2.10 bits per heavy atom. The summed E-state index contributed by atoms with van der Waals surface area (Å²) in [5.41, 5.74) is 1.10. The summed E-state index contributed by atoms with van der Waals surface area (Å²) in [6, 6.07) is 9.97. The summed E-state index contributed by atoms with van der Waals surface area (Å²) in [4.78, 5) is 14.5. The lowest BCUT2D eigenvalue weighted by Gasteiger charge is -2.13. The van der Waals surface area contributed by atoms with Crippen molar-refractivity contribution in [3.63, 3.8) is 0 Å². The predicted octanol–water partition coefficient (Wildman–Crippen LogP) is 3.48. The van der Waals surface area contributed by atoms with Crippen molar-refractivity contribution in [1.29, 1.82) is 0 Å². The number of ether oxygens (including phenoxy) is 1. The minimum absolute atomic E-state index is 0.0150. The molecule has 0 N–H and O–H groups in total. The molecular formula is C16H17NO2S2. The molecule has 0 atom stereocenters. The van der Waals surface area contributed by atoms with Gasteiger partial charge in [-0.3, -0.25) is 9.69 Å².